The van der Waals surface area contributed by atoms with Gasteiger partial charge < -0.3 is 5.32 Å². The van der Waals surface area contributed by atoms with E-state index < -0.39 is 0 Å². The van der Waals surface area contributed by atoms with Crippen LogP contribution in [-0.4, -0.2) is 18.9 Å². The Bertz CT molecular complexity index is 470. The minimum atomic E-state index is -0.231. The Morgan fingerprint density at radius 2 is 1.83 bits per heavy atom. The molecule has 1 aliphatic rings. The second-order valence-corrected chi connectivity index (χ2v) is 5.92. The van der Waals surface area contributed by atoms with E-state index in [1.165, 1.54) is 11.1 Å². The van der Waals surface area contributed by atoms with Crippen LogP contribution in [0.1, 0.15) is 46.8 Å². The van der Waals surface area contributed by atoms with E-state index >= 15 is 0 Å². The molecule has 2 nitrogen and oxygen atoms in total. The van der Waals surface area contributed by atoms with Crippen molar-refractivity contribution in [3.63, 3.8) is 0 Å². The van der Waals surface area contributed by atoms with E-state index in [0.29, 0.717) is 5.78 Å². The highest BCUT2D eigenvalue weighted by Crippen LogP contribution is 2.31. The summed E-state index contributed by atoms with van der Waals surface area (Å²) in [5, 5.41) is 3.35. The van der Waals surface area contributed by atoms with E-state index in [9.17, 15) is 4.79 Å². The van der Waals surface area contributed by atoms with Crippen molar-refractivity contribution < 1.29 is 4.79 Å². The molecule has 1 aromatic carbocycles. The molecule has 2 rings (SSSR count). The molecule has 0 bridgehead atoms. The maximum absolute atomic E-state index is 12.8. The normalized spacial score (nSPS) is 24.0. The lowest BCUT2D eigenvalue weighted by Gasteiger charge is -2.33. The Kier molecular flexibility index (Phi) is 3.58. The molecular weight excluding hydrogens is 222 g/mol. The van der Waals surface area contributed by atoms with Crippen molar-refractivity contribution in [2.75, 3.05) is 13.1 Å². The first kappa shape index (κ1) is 13.3. The molecule has 1 fully saturated rings. The van der Waals surface area contributed by atoms with Crippen LogP contribution in [0.15, 0.2) is 12.1 Å². The van der Waals surface area contributed by atoms with E-state index in [2.05, 4.69) is 38.2 Å². The van der Waals surface area contributed by atoms with Crippen molar-refractivity contribution in [1.82, 2.24) is 5.32 Å². The number of hydrogen-bond acceptors (Lipinski definition) is 2. The highest BCUT2D eigenvalue weighted by Gasteiger charge is 2.35. The Morgan fingerprint density at radius 1 is 1.17 bits per heavy atom. The van der Waals surface area contributed by atoms with Gasteiger partial charge in [-0.15, -0.1) is 0 Å². The van der Waals surface area contributed by atoms with Crippen LogP contribution in [0.5, 0.6) is 0 Å². The van der Waals surface area contributed by atoms with Crippen LogP contribution in [0.4, 0.5) is 0 Å². The summed E-state index contributed by atoms with van der Waals surface area (Å²) in [6, 6.07) is 4.19. The van der Waals surface area contributed by atoms with Crippen molar-refractivity contribution in [3.8, 4) is 0 Å². The molecule has 0 radical (unpaired) electrons. The lowest BCUT2D eigenvalue weighted by atomic mass is 9.75. The van der Waals surface area contributed by atoms with Crippen molar-refractivity contribution in [3.05, 3.63) is 34.4 Å². The molecule has 0 aromatic heterocycles. The number of benzene rings is 1. The predicted octanol–water partition coefficient (Wildman–Crippen LogP) is 3.18. The SMILES string of the molecule is Cc1cc(C)c(C(=O)C2(C)CCCNC2)cc1C. The van der Waals surface area contributed by atoms with Crippen molar-refractivity contribution >= 4 is 5.78 Å². The second kappa shape index (κ2) is 4.85. The summed E-state index contributed by atoms with van der Waals surface area (Å²) in [5.74, 6) is 0.301. The summed E-state index contributed by atoms with van der Waals surface area (Å²) in [5.41, 5.74) is 4.25. The average molecular weight is 245 g/mol. The van der Waals surface area contributed by atoms with Crippen LogP contribution in [0.25, 0.3) is 0 Å². The lowest BCUT2D eigenvalue weighted by molar-refractivity contribution is 0.0772. The van der Waals surface area contributed by atoms with Crippen molar-refractivity contribution in [2.45, 2.75) is 40.5 Å². The van der Waals surface area contributed by atoms with Gasteiger partial charge in [-0.05, 0) is 62.9 Å². The fourth-order valence-corrected chi connectivity index (χ4v) is 2.78. The van der Waals surface area contributed by atoms with E-state index in [4.69, 9.17) is 0 Å². The van der Waals surface area contributed by atoms with Gasteiger partial charge in [-0.2, -0.15) is 0 Å². The molecule has 98 valence electrons. The molecule has 1 N–H and O–H groups in total. The molecule has 0 saturated carbocycles. The Hall–Kier alpha value is -1.15. The first-order chi connectivity index (χ1) is 8.44. The standard InChI is InChI=1S/C16H23NO/c1-11-8-13(3)14(9-12(11)2)15(18)16(4)6-5-7-17-10-16/h8-9,17H,5-7,10H2,1-4H3. The van der Waals surface area contributed by atoms with Crippen molar-refractivity contribution in [1.29, 1.82) is 0 Å². The van der Waals surface area contributed by atoms with Gasteiger partial charge in [-0.3, -0.25) is 4.79 Å². The molecule has 0 spiro atoms. The van der Waals surface area contributed by atoms with E-state index in [1.807, 2.05) is 6.92 Å². The maximum Gasteiger partial charge on any atom is 0.170 e. The predicted molar refractivity (Wildman–Crippen MR) is 75.2 cm³/mol. The number of ketones is 1. The van der Waals surface area contributed by atoms with E-state index in [1.54, 1.807) is 0 Å². The van der Waals surface area contributed by atoms with E-state index in [0.717, 1.165) is 37.1 Å². The van der Waals surface area contributed by atoms with Gasteiger partial charge in [0.15, 0.2) is 5.78 Å². The largest absolute Gasteiger partial charge is 0.316 e. The lowest BCUT2D eigenvalue weighted by Crippen LogP contribution is -2.43. The van der Waals surface area contributed by atoms with Crippen LogP contribution < -0.4 is 5.32 Å². The van der Waals surface area contributed by atoms with Crippen LogP contribution >= 0.6 is 0 Å². The minimum Gasteiger partial charge on any atom is -0.316 e. The summed E-state index contributed by atoms with van der Waals surface area (Å²) in [6.07, 6.45) is 2.08. The second-order valence-electron chi connectivity index (χ2n) is 5.92. The van der Waals surface area contributed by atoms with Crippen LogP contribution in [0, 0.1) is 26.2 Å². The fourth-order valence-electron chi connectivity index (χ4n) is 2.78. The third-order valence-electron chi connectivity index (χ3n) is 4.23. The van der Waals surface area contributed by atoms with Crippen LogP contribution in [0.2, 0.25) is 0 Å². The number of piperidine rings is 1. The highest BCUT2D eigenvalue weighted by molar-refractivity contribution is 6.02. The molecule has 0 amide bonds. The molecule has 1 heterocycles. The maximum atomic E-state index is 12.8. The van der Waals surface area contributed by atoms with Gasteiger partial charge in [-0.1, -0.05) is 13.0 Å². The van der Waals surface area contributed by atoms with Gasteiger partial charge >= 0.3 is 0 Å². The molecule has 1 aliphatic heterocycles. The summed E-state index contributed by atoms with van der Waals surface area (Å²) in [7, 11) is 0. The molecular formula is C16H23NO. The smallest absolute Gasteiger partial charge is 0.170 e. The number of Topliss-reactive ketones (excluding diaryl/α,β-unsaturated/α-hetero) is 1. The van der Waals surface area contributed by atoms with Crippen molar-refractivity contribution in [2.24, 2.45) is 5.41 Å². The third-order valence-corrected chi connectivity index (χ3v) is 4.23. The number of rotatable bonds is 2. The number of aryl methyl sites for hydroxylation is 3. The fraction of sp³-hybridized carbons (Fsp3) is 0.562. The molecule has 0 aliphatic carbocycles. The Labute approximate surface area is 110 Å². The summed E-state index contributed by atoms with van der Waals surface area (Å²) < 4.78 is 0. The molecule has 1 saturated heterocycles. The number of nitrogens with one attached hydrogen (secondary N) is 1. The number of carbonyl (C=O) groups excluding carboxylic acids is 1. The summed E-state index contributed by atoms with van der Waals surface area (Å²) in [4.78, 5) is 12.8. The topological polar surface area (TPSA) is 29.1 Å². The Morgan fingerprint density at radius 3 is 2.44 bits per heavy atom. The van der Waals surface area contributed by atoms with Gasteiger partial charge in [0, 0.05) is 17.5 Å². The molecule has 1 unspecified atom stereocenters. The summed E-state index contributed by atoms with van der Waals surface area (Å²) >= 11 is 0. The Balaban J connectivity index is 2.36. The van der Waals surface area contributed by atoms with Gasteiger partial charge in [0.25, 0.3) is 0 Å². The van der Waals surface area contributed by atoms with Gasteiger partial charge in [0.1, 0.15) is 0 Å². The van der Waals surface area contributed by atoms with Gasteiger partial charge in [0.05, 0.1) is 0 Å². The quantitative estimate of drug-likeness (QED) is 0.811. The van der Waals surface area contributed by atoms with Crippen LogP contribution in [0.3, 0.4) is 0 Å². The number of carbonyl (C=O) groups is 1. The summed E-state index contributed by atoms with van der Waals surface area (Å²) in [6.45, 7) is 10.1. The average Bonchev–Trinajstić information content (AvgIpc) is 2.34. The zero-order chi connectivity index (χ0) is 13.3. The van der Waals surface area contributed by atoms with Gasteiger partial charge in [0.2, 0.25) is 0 Å². The highest BCUT2D eigenvalue weighted by atomic mass is 16.1. The monoisotopic (exact) mass is 245 g/mol. The molecule has 1 atom stereocenters. The zero-order valence-electron chi connectivity index (χ0n) is 11.9. The zero-order valence-corrected chi connectivity index (χ0v) is 11.9. The van der Waals surface area contributed by atoms with Crippen LogP contribution in [-0.2, 0) is 0 Å². The molecule has 2 heteroatoms. The van der Waals surface area contributed by atoms with Gasteiger partial charge in [-0.25, -0.2) is 0 Å². The first-order valence-corrected chi connectivity index (χ1v) is 6.77. The van der Waals surface area contributed by atoms with E-state index in [-0.39, 0.29) is 5.41 Å². The minimum absolute atomic E-state index is 0.231. The first-order valence-electron chi connectivity index (χ1n) is 6.77. The molecule has 18 heavy (non-hydrogen) atoms. The number of hydrogen-bond donors (Lipinski definition) is 1. The molecule has 1 aromatic rings. The third kappa shape index (κ3) is 2.35.